The van der Waals surface area contributed by atoms with Crippen LogP contribution in [-0.4, -0.2) is 34.0 Å². The van der Waals surface area contributed by atoms with Crippen molar-refractivity contribution in [2.75, 3.05) is 5.75 Å². The highest BCUT2D eigenvalue weighted by Gasteiger charge is 2.39. The number of carbonyl (C=O) groups is 2. The lowest BCUT2D eigenvalue weighted by atomic mass is 9.76. The Hall–Kier alpha value is -0.710. The van der Waals surface area contributed by atoms with Gasteiger partial charge in [0.15, 0.2) is 0 Å². The standard InChI is InChI=1S/C15H27NO3S/c1-5-20-12-7-6-11(8-12)16-13(17)9-15(4,10(2)3)14(18)19/h10-12H,5-9H2,1-4H3,(H,16,17)(H,18,19). The summed E-state index contributed by atoms with van der Waals surface area (Å²) in [7, 11) is 0. The van der Waals surface area contributed by atoms with Gasteiger partial charge >= 0.3 is 5.97 Å². The first-order chi connectivity index (χ1) is 9.29. The third-order valence-corrected chi connectivity index (χ3v) is 5.68. The highest BCUT2D eigenvalue weighted by molar-refractivity contribution is 7.99. The van der Waals surface area contributed by atoms with Gasteiger partial charge in [-0.1, -0.05) is 20.8 Å². The zero-order chi connectivity index (χ0) is 15.3. The summed E-state index contributed by atoms with van der Waals surface area (Å²) >= 11 is 1.95. The van der Waals surface area contributed by atoms with E-state index >= 15 is 0 Å². The number of amides is 1. The summed E-state index contributed by atoms with van der Waals surface area (Å²) in [6, 6.07) is 0.219. The van der Waals surface area contributed by atoms with Gasteiger partial charge in [-0.05, 0) is 37.9 Å². The van der Waals surface area contributed by atoms with Crippen LogP contribution in [0.1, 0.15) is 53.4 Å². The molecule has 0 aromatic rings. The topological polar surface area (TPSA) is 66.4 Å². The van der Waals surface area contributed by atoms with Crippen LogP contribution in [0.15, 0.2) is 0 Å². The van der Waals surface area contributed by atoms with Crippen molar-refractivity contribution in [3.63, 3.8) is 0 Å². The van der Waals surface area contributed by atoms with Crippen LogP contribution in [0.2, 0.25) is 0 Å². The molecule has 1 aliphatic rings. The minimum atomic E-state index is -0.986. The molecule has 5 heteroatoms. The maximum Gasteiger partial charge on any atom is 0.310 e. The molecule has 1 amide bonds. The Morgan fingerprint density at radius 3 is 2.55 bits per heavy atom. The molecule has 0 saturated heterocycles. The molecule has 3 atom stereocenters. The number of nitrogens with one attached hydrogen (secondary N) is 1. The van der Waals surface area contributed by atoms with Crippen molar-refractivity contribution in [3.05, 3.63) is 0 Å². The molecule has 2 N–H and O–H groups in total. The van der Waals surface area contributed by atoms with Crippen LogP contribution in [-0.2, 0) is 9.59 Å². The molecule has 1 rings (SSSR count). The van der Waals surface area contributed by atoms with Crippen LogP contribution in [0, 0.1) is 11.3 Å². The molecule has 0 aliphatic heterocycles. The minimum Gasteiger partial charge on any atom is -0.481 e. The highest BCUT2D eigenvalue weighted by atomic mass is 32.2. The fourth-order valence-electron chi connectivity index (χ4n) is 2.60. The molecule has 0 bridgehead atoms. The molecule has 0 spiro atoms. The van der Waals surface area contributed by atoms with E-state index in [2.05, 4.69) is 12.2 Å². The van der Waals surface area contributed by atoms with Crippen LogP contribution in [0.4, 0.5) is 0 Å². The van der Waals surface area contributed by atoms with Crippen molar-refractivity contribution in [1.82, 2.24) is 5.32 Å². The molecular formula is C15H27NO3S. The lowest BCUT2D eigenvalue weighted by Gasteiger charge is -2.29. The molecule has 4 nitrogen and oxygen atoms in total. The molecule has 1 fully saturated rings. The average molecular weight is 301 g/mol. The first-order valence-electron chi connectivity index (χ1n) is 7.44. The summed E-state index contributed by atoms with van der Waals surface area (Å²) in [6.45, 7) is 7.51. The maximum absolute atomic E-state index is 12.1. The Bertz CT molecular complexity index is 359. The quantitative estimate of drug-likeness (QED) is 0.759. The average Bonchev–Trinajstić information content (AvgIpc) is 2.76. The van der Waals surface area contributed by atoms with Gasteiger partial charge in [0, 0.05) is 17.7 Å². The Kier molecular flexibility index (Phi) is 6.37. The fraction of sp³-hybridized carbons (Fsp3) is 0.867. The van der Waals surface area contributed by atoms with Crippen molar-refractivity contribution < 1.29 is 14.7 Å². The van der Waals surface area contributed by atoms with Gasteiger partial charge in [-0.3, -0.25) is 9.59 Å². The lowest BCUT2D eigenvalue weighted by molar-refractivity contribution is -0.153. The third kappa shape index (κ3) is 4.40. The van der Waals surface area contributed by atoms with Gasteiger partial charge < -0.3 is 10.4 Å². The Labute approximate surface area is 126 Å². The van der Waals surface area contributed by atoms with Gasteiger partial charge in [0.2, 0.25) is 5.91 Å². The van der Waals surface area contributed by atoms with E-state index in [0.29, 0.717) is 5.25 Å². The third-order valence-electron chi connectivity index (χ3n) is 4.44. The number of carbonyl (C=O) groups excluding carboxylic acids is 1. The normalized spacial score (nSPS) is 25.4. The molecule has 0 radical (unpaired) electrons. The van der Waals surface area contributed by atoms with Crippen molar-refractivity contribution in [2.24, 2.45) is 11.3 Å². The largest absolute Gasteiger partial charge is 0.481 e. The summed E-state index contributed by atoms with van der Waals surface area (Å²) in [6.07, 6.45) is 3.22. The summed E-state index contributed by atoms with van der Waals surface area (Å²) < 4.78 is 0. The van der Waals surface area contributed by atoms with Gasteiger partial charge in [0.25, 0.3) is 0 Å². The summed E-state index contributed by atoms with van der Waals surface area (Å²) in [5.41, 5.74) is -0.986. The Morgan fingerprint density at radius 2 is 2.05 bits per heavy atom. The number of hydrogen-bond donors (Lipinski definition) is 2. The molecule has 3 unspecified atom stereocenters. The molecule has 0 aromatic carbocycles. The molecular weight excluding hydrogens is 274 g/mol. The van der Waals surface area contributed by atoms with E-state index in [0.717, 1.165) is 25.0 Å². The maximum atomic E-state index is 12.1. The van der Waals surface area contributed by atoms with Crippen LogP contribution < -0.4 is 5.32 Å². The van der Waals surface area contributed by atoms with Crippen molar-refractivity contribution in [3.8, 4) is 0 Å². The number of rotatable bonds is 7. The van der Waals surface area contributed by atoms with Gasteiger partial charge in [-0.25, -0.2) is 0 Å². The van der Waals surface area contributed by atoms with Gasteiger partial charge in [0.05, 0.1) is 5.41 Å². The Morgan fingerprint density at radius 1 is 1.40 bits per heavy atom. The number of aliphatic carboxylic acids is 1. The molecule has 1 saturated carbocycles. The van der Waals surface area contributed by atoms with E-state index in [9.17, 15) is 14.7 Å². The zero-order valence-electron chi connectivity index (χ0n) is 12.9. The second kappa shape index (κ2) is 7.34. The second-order valence-corrected chi connectivity index (χ2v) is 7.79. The minimum absolute atomic E-state index is 0.0576. The van der Waals surface area contributed by atoms with E-state index in [1.165, 1.54) is 0 Å². The molecule has 20 heavy (non-hydrogen) atoms. The number of carboxylic acid groups (broad SMARTS) is 1. The van der Waals surface area contributed by atoms with E-state index in [4.69, 9.17) is 0 Å². The summed E-state index contributed by atoms with van der Waals surface area (Å²) in [5.74, 6) is 0.0115. The zero-order valence-corrected chi connectivity index (χ0v) is 13.8. The van der Waals surface area contributed by atoms with E-state index < -0.39 is 11.4 Å². The van der Waals surface area contributed by atoms with E-state index in [1.54, 1.807) is 6.92 Å². The van der Waals surface area contributed by atoms with Crippen LogP contribution in [0.5, 0.6) is 0 Å². The van der Waals surface area contributed by atoms with Crippen molar-refractivity contribution in [1.29, 1.82) is 0 Å². The number of thioether (sulfide) groups is 1. The van der Waals surface area contributed by atoms with Crippen LogP contribution in [0.3, 0.4) is 0 Å². The van der Waals surface area contributed by atoms with Crippen LogP contribution >= 0.6 is 11.8 Å². The van der Waals surface area contributed by atoms with Gasteiger partial charge in [-0.2, -0.15) is 11.8 Å². The monoisotopic (exact) mass is 301 g/mol. The SMILES string of the molecule is CCSC1CCC(NC(=O)CC(C)(C(=O)O)C(C)C)C1. The molecule has 0 aromatic heterocycles. The van der Waals surface area contributed by atoms with Gasteiger partial charge in [0.1, 0.15) is 0 Å². The number of carboxylic acids is 1. The Balaban J connectivity index is 2.49. The van der Waals surface area contributed by atoms with Gasteiger partial charge in [-0.15, -0.1) is 0 Å². The molecule has 116 valence electrons. The molecule has 1 aliphatic carbocycles. The number of hydrogen-bond acceptors (Lipinski definition) is 3. The van der Waals surface area contributed by atoms with Crippen LogP contribution in [0.25, 0.3) is 0 Å². The smallest absolute Gasteiger partial charge is 0.310 e. The fourth-order valence-corrected chi connectivity index (χ4v) is 3.74. The second-order valence-electron chi connectivity index (χ2n) is 6.21. The first-order valence-corrected chi connectivity index (χ1v) is 8.48. The van der Waals surface area contributed by atoms with E-state index in [-0.39, 0.29) is 24.3 Å². The van der Waals surface area contributed by atoms with E-state index in [1.807, 2.05) is 25.6 Å². The van der Waals surface area contributed by atoms with Crippen molar-refractivity contribution >= 4 is 23.6 Å². The highest BCUT2D eigenvalue weighted by Crippen LogP contribution is 2.33. The van der Waals surface area contributed by atoms with Crippen molar-refractivity contribution in [2.45, 2.75) is 64.7 Å². The lowest BCUT2D eigenvalue weighted by Crippen LogP contribution is -2.41. The summed E-state index contributed by atoms with van der Waals surface area (Å²) in [4.78, 5) is 23.5. The molecule has 0 heterocycles. The first kappa shape index (κ1) is 17.3. The predicted molar refractivity (Wildman–Crippen MR) is 82.9 cm³/mol. The summed E-state index contributed by atoms with van der Waals surface area (Å²) in [5, 5.41) is 13.0. The predicted octanol–water partition coefficient (Wildman–Crippen LogP) is 2.91.